The van der Waals surface area contributed by atoms with Gasteiger partial charge in [0.05, 0.1) is 14.6 Å². The topological polar surface area (TPSA) is 59.1 Å². The number of fused-ring (bicyclic) bond motifs is 1. The van der Waals surface area contributed by atoms with E-state index in [1.54, 1.807) is 6.07 Å². The second-order valence-electron chi connectivity index (χ2n) is 4.30. The summed E-state index contributed by atoms with van der Waals surface area (Å²) in [6.45, 7) is 2.05. The molecule has 3 aromatic rings. The number of thiazole rings is 1. The molecule has 3 rings (SSSR count). The summed E-state index contributed by atoms with van der Waals surface area (Å²) < 4.78 is 28.6. The van der Waals surface area contributed by atoms with Crippen LogP contribution < -0.4 is 4.72 Å². The number of thiophene rings is 1. The molecule has 0 saturated carbocycles. The normalized spacial score (nSPS) is 11.9. The zero-order valence-electron chi connectivity index (χ0n) is 11.0. The Bertz CT molecular complexity index is 899. The van der Waals surface area contributed by atoms with Gasteiger partial charge in [-0.15, -0.1) is 11.3 Å². The first-order valence-electron chi connectivity index (χ1n) is 6.16. The van der Waals surface area contributed by atoms with Crippen molar-refractivity contribution in [1.82, 2.24) is 4.98 Å². The van der Waals surface area contributed by atoms with E-state index >= 15 is 0 Å². The highest BCUT2D eigenvalue weighted by atomic mass is 35.5. The van der Waals surface area contributed by atoms with Crippen LogP contribution in [-0.2, 0) is 16.4 Å². The van der Waals surface area contributed by atoms with Gasteiger partial charge in [-0.25, -0.2) is 13.4 Å². The fourth-order valence-corrected chi connectivity index (χ4v) is 5.57. The number of rotatable bonds is 4. The quantitative estimate of drug-likeness (QED) is 0.753. The van der Waals surface area contributed by atoms with Crippen LogP contribution in [-0.4, -0.2) is 13.4 Å². The molecule has 0 unspecified atom stereocenters. The van der Waals surface area contributed by atoms with Gasteiger partial charge in [-0.2, -0.15) is 0 Å². The number of hydrogen-bond donors (Lipinski definition) is 1. The molecule has 110 valence electrons. The van der Waals surface area contributed by atoms with Crippen molar-refractivity contribution in [3.63, 3.8) is 0 Å². The molecule has 1 N–H and O–H groups in total. The third kappa shape index (κ3) is 2.91. The van der Waals surface area contributed by atoms with Crippen molar-refractivity contribution in [3.8, 4) is 0 Å². The molecule has 0 aliphatic carbocycles. The van der Waals surface area contributed by atoms with Crippen molar-refractivity contribution in [2.75, 3.05) is 4.72 Å². The Morgan fingerprint density at radius 3 is 2.71 bits per heavy atom. The van der Waals surface area contributed by atoms with Crippen molar-refractivity contribution in [2.24, 2.45) is 0 Å². The Balaban J connectivity index is 1.98. The van der Waals surface area contributed by atoms with E-state index < -0.39 is 10.0 Å². The average molecular weight is 359 g/mol. The van der Waals surface area contributed by atoms with Gasteiger partial charge in [-0.05, 0) is 30.2 Å². The van der Waals surface area contributed by atoms with Gasteiger partial charge in [-0.1, -0.05) is 42.0 Å². The van der Waals surface area contributed by atoms with E-state index in [0.717, 1.165) is 33.5 Å². The average Bonchev–Trinajstić information content (AvgIpc) is 3.03. The second-order valence-corrected chi connectivity index (χ2v) is 8.96. The molecule has 2 aromatic heterocycles. The smallest absolute Gasteiger partial charge is 0.254 e. The van der Waals surface area contributed by atoms with Gasteiger partial charge in [0.25, 0.3) is 10.0 Å². The minimum atomic E-state index is -3.63. The molecule has 0 saturated heterocycles. The molecule has 0 bridgehead atoms. The largest absolute Gasteiger partial charge is 0.273 e. The summed E-state index contributed by atoms with van der Waals surface area (Å²) in [6, 6.07) is 8.94. The maximum atomic E-state index is 12.3. The fraction of sp³-hybridized carbons (Fsp3) is 0.154. The molecule has 0 radical (unpaired) electrons. The van der Waals surface area contributed by atoms with Crippen LogP contribution in [0.2, 0.25) is 4.34 Å². The van der Waals surface area contributed by atoms with Crippen LogP contribution in [0.25, 0.3) is 10.2 Å². The zero-order chi connectivity index (χ0) is 15.0. The van der Waals surface area contributed by atoms with Crippen molar-refractivity contribution in [1.29, 1.82) is 0 Å². The number of nitrogens with one attached hydrogen (secondary N) is 1. The summed E-state index contributed by atoms with van der Waals surface area (Å²) in [6.07, 6.45) is 0.855. The van der Waals surface area contributed by atoms with E-state index in [1.807, 2.05) is 25.1 Å². The van der Waals surface area contributed by atoms with Crippen LogP contribution in [0.3, 0.4) is 0 Å². The minimum Gasteiger partial charge on any atom is -0.254 e. The van der Waals surface area contributed by atoms with E-state index in [4.69, 9.17) is 11.6 Å². The molecule has 21 heavy (non-hydrogen) atoms. The summed E-state index contributed by atoms with van der Waals surface area (Å²) in [5.41, 5.74) is 1.96. The molecule has 2 heterocycles. The lowest BCUT2D eigenvalue weighted by Gasteiger charge is -2.01. The Morgan fingerprint density at radius 1 is 1.24 bits per heavy atom. The van der Waals surface area contributed by atoms with Crippen LogP contribution in [0.1, 0.15) is 12.5 Å². The Morgan fingerprint density at radius 2 is 2.05 bits per heavy atom. The fourth-order valence-electron chi connectivity index (χ4n) is 1.94. The molecule has 0 atom stereocenters. The molecule has 0 fully saturated rings. The highest BCUT2D eigenvalue weighted by Gasteiger charge is 2.19. The van der Waals surface area contributed by atoms with Gasteiger partial charge in [0.2, 0.25) is 0 Å². The molecule has 0 amide bonds. The standard InChI is InChI=1S/C13H11ClN2O2S3/c1-2-8-4-3-5-9-12(8)15-13(19-9)16-21(17,18)11-7-6-10(14)20-11/h3-7H,2H2,1H3,(H,15,16). The number of benzene rings is 1. The van der Waals surface area contributed by atoms with E-state index in [0.29, 0.717) is 9.47 Å². The van der Waals surface area contributed by atoms with Crippen molar-refractivity contribution in [2.45, 2.75) is 17.6 Å². The summed E-state index contributed by atoms with van der Waals surface area (Å²) >= 11 is 8.13. The van der Waals surface area contributed by atoms with E-state index in [2.05, 4.69) is 9.71 Å². The first kappa shape index (κ1) is 14.8. The van der Waals surface area contributed by atoms with Crippen LogP contribution in [0.15, 0.2) is 34.5 Å². The molecule has 8 heteroatoms. The van der Waals surface area contributed by atoms with E-state index in [-0.39, 0.29) is 4.21 Å². The summed E-state index contributed by atoms with van der Waals surface area (Å²) in [5, 5.41) is 0.371. The molecular weight excluding hydrogens is 348 g/mol. The van der Waals surface area contributed by atoms with Crippen LogP contribution in [0.4, 0.5) is 5.13 Å². The number of aryl methyl sites for hydroxylation is 1. The number of halogens is 1. The zero-order valence-corrected chi connectivity index (χ0v) is 14.2. The lowest BCUT2D eigenvalue weighted by atomic mass is 10.1. The summed E-state index contributed by atoms with van der Waals surface area (Å²) in [4.78, 5) is 4.40. The molecule has 1 aromatic carbocycles. The molecule has 4 nitrogen and oxygen atoms in total. The SMILES string of the molecule is CCc1cccc2sc(NS(=O)(=O)c3ccc(Cl)s3)nc12. The number of hydrogen-bond acceptors (Lipinski definition) is 5. The summed E-state index contributed by atoms with van der Waals surface area (Å²) in [7, 11) is -3.63. The van der Waals surface area contributed by atoms with Crippen LogP contribution >= 0.6 is 34.3 Å². The Labute approximate surface area is 135 Å². The predicted molar refractivity (Wildman–Crippen MR) is 89.1 cm³/mol. The van der Waals surface area contributed by atoms with Gasteiger partial charge in [0.1, 0.15) is 4.21 Å². The third-order valence-electron chi connectivity index (χ3n) is 2.92. The number of sulfonamides is 1. The van der Waals surface area contributed by atoms with Gasteiger partial charge >= 0.3 is 0 Å². The second kappa shape index (κ2) is 5.57. The Hall–Kier alpha value is -1.15. The van der Waals surface area contributed by atoms with Crippen LogP contribution in [0, 0.1) is 0 Å². The van der Waals surface area contributed by atoms with E-state index in [9.17, 15) is 8.42 Å². The van der Waals surface area contributed by atoms with E-state index in [1.165, 1.54) is 17.4 Å². The van der Waals surface area contributed by atoms with Crippen LogP contribution in [0.5, 0.6) is 0 Å². The number of nitrogens with zero attached hydrogens (tertiary/aromatic N) is 1. The van der Waals surface area contributed by atoms with Crippen molar-refractivity contribution < 1.29 is 8.42 Å². The molecular formula is C13H11ClN2O2S3. The van der Waals surface area contributed by atoms with Gasteiger partial charge in [0.15, 0.2) is 5.13 Å². The number of anilines is 1. The molecule has 0 aliphatic heterocycles. The molecule has 0 spiro atoms. The Kier molecular flexibility index (Phi) is 3.92. The minimum absolute atomic E-state index is 0.183. The lowest BCUT2D eigenvalue weighted by molar-refractivity contribution is 0.603. The van der Waals surface area contributed by atoms with Gasteiger partial charge in [0, 0.05) is 0 Å². The van der Waals surface area contributed by atoms with Gasteiger partial charge in [-0.3, -0.25) is 4.72 Å². The maximum Gasteiger partial charge on any atom is 0.273 e. The number of para-hydroxylation sites is 1. The molecule has 0 aliphatic rings. The third-order valence-corrected chi connectivity index (χ3v) is 7.05. The van der Waals surface area contributed by atoms with Crippen molar-refractivity contribution in [3.05, 3.63) is 40.2 Å². The monoisotopic (exact) mass is 358 g/mol. The summed E-state index contributed by atoms with van der Waals surface area (Å²) in [5.74, 6) is 0. The maximum absolute atomic E-state index is 12.3. The first-order chi connectivity index (χ1) is 9.99. The first-order valence-corrected chi connectivity index (χ1v) is 9.65. The van der Waals surface area contributed by atoms with Crippen molar-refractivity contribution >= 4 is 59.6 Å². The van der Waals surface area contributed by atoms with Gasteiger partial charge < -0.3 is 0 Å². The highest BCUT2D eigenvalue weighted by Crippen LogP contribution is 2.32. The predicted octanol–water partition coefficient (Wildman–Crippen LogP) is 4.37. The highest BCUT2D eigenvalue weighted by molar-refractivity contribution is 7.95. The lowest BCUT2D eigenvalue weighted by Crippen LogP contribution is -2.11. The number of aromatic nitrogens is 1.